The average Bonchev–Trinajstić information content (AvgIpc) is 2.51. The maximum Gasteiger partial charge on any atom is 0.138 e. The second kappa shape index (κ2) is 4.37. The highest BCUT2D eigenvalue weighted by Gasteiger charge is 2.13. The summed E-state index contributed by atoms with van der Waals surface area (Å²) in [5.41, 5.74) is 0. The topological polar surface area (TPSA) is 50.9 Å². The summed E-state index contributed by atoms with van der Waals surface area (Å²) >= 11 is 0. The predicted octanol–water partition coefficient (Wildman–Crippen LogP) is 0.857. The van der Waals surface area contributed by atoms with Crippen molar-refractivity contribution in [3.8, 4) is 0 Å². The molecule has 1 aromatic heterocycles. The first-order chi connectivity index (χ1) is 6.15. The smallest absolute Gasteiger partial charge is 0.138 e. The molecule has 1 atom stereocenters. The zero-order chi connectivity index (χ0) is 9.84. The van der Waals surface area contributed by atoms with Crippen LogP contribution in [0.2, 0.25) is 0 Å². The normalized spacial score (nSPS) is 13.6. The highest BCUT2D eigenvalue weighted by Crippen LogP contribution is 2.07. The fraction of sp³-hybridized carbons (Fsp3) is 0.778. The summed E-state index contributed by atoms with van der Waals surface area (Å²) < 4.78 is 1.81. The number of aryl methyl sites for hydroxylation is 1. The first-order valence-corrected chi connectivity index (χ1v) is 4.69. The largest absolute Gasteiger partial charge is 0.392 e. The molecule has 0 spiro atoms. The maximum atomic E-state index is 9.64. The van der Waals surface area contributed by atoms with Gasteiger partial charge in [-0.3, -0.25) is 4.68 Å². The van der Waals surface area contributed by atoms with Crippen LogP contribution in [0.4, 0.5) is 0 Å². The summed E-state index contributed by atoms with van der Waals surface area (Å²) in [6.45, 7) is 6.81. The molecule has 4 nitrogen and oxygen atoms in total. The van der Waals surface area contributed by atoms with Crippen molar-refractivity contribution < 1.29 is 5.11 Å². The van der Waals surface area contributed by atoms with Gasteiger partial charge in [0.15, 0.2) is 0 Å². The lowest BCUT2D eigenvalue weighted by Gasteiger charge is -2.13. The van der Waals surface area contributed by atoms with Gasteiger partial charge in [-0.15, -0.1) is 0 Å². The Kier molecular flexibility index (Phi) is 3.42. The van der Waals surface area contributed by atoms with E-state index in [1.54, 1.807) is 0 Å². The van der Waals surface area contributed by atoms with Gasteiger partial charge in [-0.2, -0.15) is 5.10 Å². The zero-order valence-corrected chi connectivity index (χ0v) is 8.44. The number of rotatable bonds is 4. The standard InChI is InChI=1S/C9H17N3O/c1-4-12-9(10-6-11-12)5-8(13)7(2)3/h6-8,13H,4-5H2,1-3H3. The second-order valence-electron chi connectivity index (χ2n) is 3.51. The molecular weight excluding hydrogens is 166 g/mol. The third-order valence-corrected chi connectivity index (χ3v) is 2.16. The zero-order valence-electron chi connectivity index (χ0n) is 8.44. The highest BCUT2D eigenvalue weighted by molar-refractivity contribution is 4.87. The van der Waals surface area contributed by atoms with Gasteiger partial charge in [-0.05, 0) is 12.8 Å². The number of nitrogens with zero attached hydrogens (tertiary/aromatic N) is 3. The van der Waals surface area contributed by atoms with Crippen molar-refractivity contribution in [1.29, 1.82) is 0 Å². The van der Waals surface area contributed by atoms with Crippen LogP contribution in [-0.2, 0) is 13.0 Å². The average molecular weight is 183 g/mol. The van der Waals surface area contributed by atoms with Gasteiger partial charge in [-0.25, -0.2) is 4.98 Å². The fourth-order valence-electron chi connectivity index (χ4n) is 1.13. The first-order valence-electron chi connectivity index (χ1n) is 4.69. The molecule has 4 heteroatoms. The van der Waals surface area contributed by atoms with Crippen molar-refractivity contribution >= 4 is 0 Å². The molecular formula is C9H17N3O. The third-order valence-electron chi connectivity index (χ3n) is 2.16. The summed E-state index contributed by atoms with van der Waals surface area (Å²) in [6.07, 6.45) is 1.80. The molecule has 0 aliphatic carbocycles. The van der Waals surface area contributed by atoms with E-state index in [-0.39, 0.29) is 12.0 Å². The van der Waals surface area contributed by atoms with Gasteiger partial charge in [0, 0.05) is 13.0 Å². The Balaban J connectivity index is 2.62. The minimum absolute atomic E-state index is 0.266. The molecule has 0 saturated carbocycles. The number of aromatic nitrogens is 3. The number of hydrogen-bond donors (Lipinski definition) is 1. The lowest BCUT2D eigenvalue weighted by Crippen LogP contribution is -2.20. The summed E-state index contributed by atoms with van der Waals surface area (Å²) in [5.74, 6) is 1.13. The Bertz CT molecular complexity index is 257. The van der Waals surface area contributed by atoms with Crippen LogP contribution in [0.25, 0.3) is 0 Å². The van der Waals surface area contributed by atoms with Crippen molar-refractivity contribution in [2.45, 2.75) is 39.8 Å². The van der Waals surface area contributed by atoms with Gasteiger partial charge < -0.3 is 5.11 Å². The number of hydrogen-bond acceptors (Lipinski definition) is 3. The Morgan fingerprint density at radius 2 is 2.23 bits per heavy atom. The lowest BCUT2D eigenvalue weighted by molar-refractivity contribution is 0.122. The first kappa shape index (κ1) is 10.2. The van der Waals surface area contributed by atoms with E-state index in [0.29, 0.717) is 6.42 Å². The Morgan fingerprint density at radius 1 is 1.54 bits per heavy atom. The van der Waals surface area contributed by atoms with E-state index in [1.165, 1.54) is 6.33 Å². The van der Waals surface area contributed by atoms with E-state index in [4.69, 9.17) is 0 Å². The van der Waals surface area contributed by atoms with Crippen LogP contribution < -0.4 is 0 Å². The van der Waals surface area contributed by atoms with Crippen molar-refractivity contribution in [3.63, 3.8) is 0 Å². The van der Waals surface area contributed by atoms with E-state index in [1.807, 2.05) is 25.5 Å². The van der Waals surface area contributed by atoms with Crippen LogP contribution in [0.3, 0.4) is 0 Å². The van der Waals surface area contributed by atoms with Crippen molar-refractivity contribution in [2.24, 2.45) is 5.92 Å². The van der Waals surface area contributed by atoms with E-state index < -0.39 is 0 Å². The van der Waals surface area contributed by atoms with Crippen LogP contribution in [0.1, 0.15) is 26.6 Å². The Labute approximate surface area is 78.6 Å². The lowest BCUT2D eigenvalue weighted by atomic mass is 10.0. The Morgan fingerprint density at radius 3 is 2.77 bits per heavy atom. The molecule has 0 bridgehead atoms. The fourth-order valence-corrected chi connectivity index (χ4v) is 1.13. The molecule has 0 amide bonds. The minimum atomic E-state index is -0.325. The van der Waals surface area contributed by atoms with Crippen molar-refractivity contribution in [1.82, 2.24) is 14.8 Å². The van der Waals surface area contributed by atoms with E-state index in [2.05, 4.69) is 10.1 Å². The molecule has 0 aliphatic rings. The summed E-state index contributed by atoms with van der Waals surface area (Å²) in [7, 11) is 0. The quantitative estimate of drug-likeness (QED) is 0.753. The molecule has 1 N–H and O–H groups in total. The third kappa shape index (κ3) is 2.52. The van der Waals surface area contributed by atoms with Crippen LogP contribution in [0.15, 0.2) is 6.33 Å². The molecule has 0 radical (unpaired) electrons. The van der Waals surface area contributed by atoms with Crippen LogP contribution in [-0.4, -0.2) is 26.0 Å². The second-order valence-corrected chi connectivity index (χ2v) is 3.51. The highest BCUT2D eigenvalue weighted by atomic mass is 16.3. The van der Waals surface area contributed by atoms with Crippen molar-refractivity contribution in [3.05, 3.63) is 12.2 Å². The van der Waals surface area contributed by atoms with Crippen LogP contribution in [0.5, 0.6) is 0 Å². The Hall–Kier alpha value is -0.900. The van der Waals surface area contributed by atoms with Crippen molar-refractivity contribution in [2.75, 3.05) is 0 Å². The van der Waals surface area contributed by atoms with Crippen LogP contribution >= 0.6 is 0 Å². The van der Waals surface area contributed by atoms with E-state index in [9.17, 15) is 5.11 Å². The summed E-state index contributed by atoms with van der Waals surface area (Å²) in [5, 5.41) is 13.7. The van der Waals surface area contributed by atoms with Gasteiger partial charge in [0.25, 0.3) is 0 Å². The van der Waals surface area contributed by atoms with E-state index >= 15 is 0 Å². The molecule has 0 aliphatic heterocycles. The SMILES string of the molecule is CCn1ncnc1CC(O)C(C)C. The van der Waals surface area contributed by atoms with Gasteiger partial charge in [0.05, 0.1) is 6.10 Å². The van der Waals surface area contributed by atoms with Crippen LogP contribution in [0, 0.1) is 5.92 Å². The number of aliphatic hydroxyl groups excluding tert-OH is 1. The minimum Gasteiger partial charge on any atom is -0.392 e. The van der Waals surface area contributed by atoms with Gasteiger partial charge >= 0.3 is 0 Å². The molecule has 1 rings (SSSR count). The molecule has 74 valence electrons. The molecule has 1 heterocycles. The molecule has 1 unspecified atom stereocenters. The molecule has 0 fully saturated rings. The molecule has 0 saturated heterocycles. The summed E-state index contributed by atoms with van der Waals surface area (Å²) in [6, 6.07) is 0. The van der Waals surface area contributed by atoms with Gasteiger partial charge in [-0.1, -0.05) is 13.8 Å². The predicted molar refractivity (Wildman–Crippen MR) is 50.2 cm³/mol. The maximum absolute atomic E-state index is 9.64. The van der Waals surface area contributed by atoms with E-state index in [0.717, 1.165) is 12.4 Å². The molecule has 0 aromatic carbocycles. The summed E-state index contributed by atoms with van der Waals surface area (Å²) in [4.78, 5) is 4.10. The molecule has 1 aromatic rings. The van der Waals surface area contributed by atoms with Gasteiger partial charge in [0.1, 0.15) is 12.2 Å². The monoisotopic (exact) mass is 183 g/mol. The molecule has 13 heavy (non-hydrogen) atoms. The number of aliphatic hydroxyl groups is 1. The van der Waals surface area contributed by atoms with Gasteiger partial charge in [0.2, 0.25) is 0 Å².